The molecule has 1 atom stereocenters. The average Bonchev–Trinajstić information content (AvgIpc) is 2.82. The maximum Gasteiger partial charge on any atom is 0.410 e. The first kappa shape index (κ1) is 17.3. The molecule has 1 heterocycles. The Hall–Kier alpha value is -1.74. The van der Waals surface area contributed by atoms with Crippen LogP contribution in [-0.4, -0.2) is 54.8 Å². The van der Waals surface area contributed by atoms with Crippen LogP contribution in [0.2, 0.25) is 0 Å². The van der Waals surface area contributed by atoms with Crippen molar-refractivity contribution < 1.29 is 19.1 Å². The Balaban J connectivity index is 2.21. The van der Waals surface area contributed by atoms with Gasteiger partial charge in [-0.05, 0) is 40.0 Å². The summed E-state index contributed by atoms with van der Waals surface area (Å²) in [5.41, 5.74) is -0.485. The zero-order valence-electron chi connectivity index (χ0n) is 13.2. The molecule has 0 aliphatic carbocycles. The predicted molar refractivity (Wildman–Crippen MR) is 78.6 cm³/mol. The Bertz CT molecular complexity index is 431. The summed E-state index contributed by atoms with van der Waals surface area (Å²) in [6.07, 6.45) is 0.467. The summed E-state index contributed by atoms with van der Waals surface area (Å²) in [6, 6.07) is 0. The van der Waals surface area contributed by atoms with Crippen molar-refractivity contribution >= 4 is 12.0 Å². The molecule has 118 valence electrons. The van der Waals surface area contributed by atoms with Crippen LogP contribution in [0.5, 0.6) is 0 Å². The summed E-state index contributed by atoms with van der Waals surface area (Å²) in [5, 5.41) is 2.63. The number of likely N-dealkylation sites (tertiary alicyclic amines) is 1. The number of nitrogens with one attached hydrogen (secondary N) is 1. The van der Waals surface area contributed by atoms with Crippen LogP contribution in [0.25, 0.3) is 0 Å². The lowest BCUT2D eigenvalue weighted by atomic mass is 10.2. The van der Waals surface area contributed by atoms with Crippen molar-refractivity contribution in [3.05, 3.63) is 0 Å². The van der Waals surface area contributed by atoms with Crippen LogP contribution in [0.1, 0.15) is 34.1 Å². The standard InChI is InChI=1S/C15H24N2O4/c1-5-6-13(18)16-8-10-20-12-7-9-17(11-12)14(19)21-15(2,3)4/h12H,7-11H2,1-4H3,(H,16,18). The number of nitrogens with zero attached hydrogens (tertiary/aromatic N) is 1. The molecule has 0 aromatic rings. The highest BCUT2D eigenvalue weighted by molar-refractivity contribution is 5.93. The van der Waals surface area contributed by atoms with Crippen LogP contribution in [0.4, 0.5) is 4.79 Å². The molecular formula is C15H24N2O4. The molecule has 0 bridgehead atoms. The van der Waals surface area contributed by atoms with Crippen molar-refractivity contribution in [2.24, 2.45) is 0 Å². The second-order valence-corrected chi connectivity index (χ2v) is 5.84. The average molecular weight is 296 g/mol. The fraction of sp³-hybridized carbons (Fsp3) is 0.733. The number of hydrogen-bond donors (Lipinski definition) is 1. The topological polar surface area (TPSA) is 67.9 Å². The summed E-state index contributed by atoms with van der Waals surface area (Å²) >= 11 is 0. The summed E-state index contributed by atoms with van der Waals surface area (Å²) in [4.78, 5) is 24.6. The Morgan fingerprint density at radius 2 is 2.10 bits per heavy atom. The van der Waals surface area contributed by atoms with E-state index in [9.17, 15) is 9.59 Å². The van der Waals surface area contributed by atoms with E-state index in [4.69, 9.17) is 9.47 Å². The first-order valence-electron chi connectivity index (χ1n) is 7.12. The second kappa shape index (κ2) is 7.89. The van der Waals surface area contributed by atoms with E-state index in [1.807, 2.05) is 20.8 Å². The molecular weight excluding hydrogens is 272 g/mol. The third-order valence-corrected chi connectivity index (χ3v) is 2.78. The molecule has 21 heavy (non-hydrogen) atoms. The molecule has 2 amide bonds. The van der Waals surface area contributed by atoms with Gasteiger partial charge in [0.05, 0.1) is 19.3 Å². The van der Waals surface area contributed by atoms with Crippen LogP contribution < -0.4 is 5.32 Å². The molecule has 0 spiro atoms. The van der Waals surface area contributed by atoms with Crippen molar-refractivity contribution in [1.82, 2.24) is 10.2 Å². The van der Waals surface area contributed by atoms with E-state index in [0.717, 1.165) is 6.42 Å². The maximum atomic E-state index is 11.9. The summed E-state index contributed by atoms with van der Waals surface area (Å²) < 4.78 is 10.9. The lowest BCUT2D eigenvalue weighted by molar-refractivity contribution is -0.116. The number of carbonyl (C=O) groups is 2. The van der Waals surface area contributed by atoms with Gasteiger partial charge >= 0.3 is 6.09 Å². The van der Waals surface area contributed by atoms with Gasteiger partial charge < -0.3 is 19.7 Å². The molecule has 1 rings (SSSR count). The molecule has 6 nitrogen and oxygen atoms in total. The number of amides is 2. The van der Waals surface area contributed by atoms with E-state index in [1.54, 1.807) is 11.8 Å². The maximum absolute atomic E-state index is 11.9. The number of hydrogen-bond acceptors (Lipinski definition) is 4. The van der Waals surface area contributed by atoms with E-state index >= 15 is 0 Å². The molecule has 1 aliphatic rings. The monoisotopic (exact) mass is 296 g/mol. The fourth-order valence-electron chi connectivity index (χ4n) is 1.90. The third kappa shape index (κ3) is 7.00. The van der Waals surface area contributed by atoms with Gasteiger partial charge in [0.15, 0.2) is 0 Å². The molecule has 1 saturated heterocycles. The fourth-order valence-corrected chi connectivity index (χ4v) is 1.90. The molecule has 0 aromatic carbocycles. The van der Waals surface area contributed by atoms with Crippen LogP contribution in [0.3, 0.4) is 0 Å². The first-order chi connectivity index (χ1) is 9.81. The molecule has 1 fully saturated rings. The second-order valence-electron chi connectivity index (χ2n) is 5.84. The van der Waals surface area contributed by atoms with Gasteiger partial charge in [-0.2, -0.15) is 0 Å². The van der Waals surface area contributed by atoms with Gasteiger partial charge in [0.2, 0.25) is 0 Å². The SMILES string of the molecule is CC#CC(=O)NCCOC1CCN(C(=O)OC(C)(C)C)C1. The normalized spacial score (nSPS) is 17.9. The van der Waals surface area contributed by atoms with Crippen molar-refractivity contribution in [3.63, 3.8) is 0 Å². The zero-order valence-corrected chi connectivity index (χ0v) is 13.2. The molecule has 1 N–H and O–H groups in total. The van der Waals surface area contributed by atoms with Crippen molar-refractivity contribution in [1.29, 1.82) is 0 Å². The van der Waals surface area contributed by atoms with Gasteiger partial charge in [-0.15, -0.1) is 0 Å². The highest BCUT2D eigenvalue weighted by atomic mass is 16.6. The Morgan fingerprint density at radius 3 is 2.71 bits per heavy atom. The largest absolute Gasteiger partial charge is 0.444 e. The van der Waals surface area contributed by atoms with Crippen molar-refractivity contribution in [3.8, 4) is 11.8 Å². The smallest absolute Gasteiger partial charge is 0.410 e. The highest BCUT2D eigenvalue weighted by Gasteiger charge is 2.30. The Labute approximate surface area is 126 Å². The van der Waals surface area contributed by atoms with Crippen molar-refractivity contribution in [2.45, 2.75) is 45.8 Å². The zero-order chi connectivity index (χ0) is 15.9. The van der Waals surface area contributed by atoms with E-state index in [2.05, 4.69) is 17.2 Å². The minimum absolute atomic E-state index is 0.00770. The van der Waals surface area contributed by atoms with Gasteiger partial charge in [0.25, 0.3) is 5.91 Å². The van der Waals surface area contributed by atoms with Crippen molar-refractivity contribution in [2.75, 3.05) is 26.2 Å². The van der Waals surface area contributed by atoms with E-state index in [1.165, 1.54) is 0 Å². The van der Waals surface area contributed by atoms with Crippen LogP contribution in [-0.2, 0) is 14.3 Å². The molecule has 0 aromatic heterocycles. The van der Waals surface area contributed by atoms with Crippen LogP contribution >= 0.6 is 0 Å². The minimum Gasteiger partial charge on any atom is -0.444 e. The highest BCUT2D eigenvalue weighted by Crippen LogP contribution is 2.16. The molecule has 1 aliphatic heterocycles. The van der Waals surface area contributed by atoms with Crippen LogP contribution in [0.15, 0.2) is 0 Å². The van der Waals surface area contributed by atoms with Gasteiger partial charge in [-0.1, -0.05) is 5.92 Å². The predicted octanol–water partition coefficient (Wildman–Crippen LogP) is 1.15. The van der Waals surface area contributed by atoms with E-state index in [0.29, 0.717) is 26.2 Å². The van der Waals surface area contributed by atoms with Gasteiger partial charge in [0, 0.05) is 13.1 Å². The number of ether oxygens (including phenoxy) is 2. The first-order valence-corrected chi connectivity index (χ1v) is 7.12. The van der Waals surface area contributed by atoms with Crippen LogP contribution in [0, 0.1) is 11.8 Å². The Morgan fingerprint density at radius 1 is 1.38 bits per heavy atom. The van der Waals surface area contributed by atoms with Gasteiger partial charge in [-0.3, -0.25) is 4.79 Å². The minimum atomic E-state index is -0.485. The summed E-state index contributed by atoms with van der Waals surface area (Å²) in [6.45, 7) is 9.12. The quantitative estimate of drug-likeness (QED) is 0.624. The lowest BCUT2D eigenvalue weighted by Crippen LogP contribution is -2.36. The molecule has 0 saturated carbocycles. The van der Waals surface area contributed by atoms with Gasteiger partial charge in [0.1, 0.15) is 5.60 Å². The Kier molecular flexibility index (Phi) is 6.50. The molecule has 1 unspecified atom stereocenters. The van der Waals surface area contributed by atoms with E-state index < -0.39 is 5.60 Å². The third-order valence-electron chi connectivity index (χ3n) is 2.78. The summed E-state index contributed by atoms with van der Waals surface area (Å²) in [7, 11) is 0. The molecule has 0 radical (unpaired) electrons. The molecule has 6 heteroatoms. The number of carbonyl (C=O) groups excluding carboxylic acids is 2. The summed E-state index contributed by atoms with van der Waals surface area (Å²) in [5.74, 6) is 4.62. The van der Waals surface area contributed by atoms with E-state index in [-0.39, 0.29) is 18.1 Å². The number of rotatable bonds is 4. The van der Waals surface area contributed by atoms with Gasteiger partial charge in [-0.25, -0.2) is 4.79 Å². The lowest BCUT2D eigenvalue weighted by Gasteiger charge is -2.24.